The van der Waals surface area contributed by atoms with Gasteiger partial charge in [0.1, 0.15) is 23.5 Å². The first kappa shape index (κ1) is 26.4. The normalized spacial score (nSPS) is 21.9. The molecule has 37 heavy (non-hydrogen) atoms. The number of esters is 1. The number of ether oxygens (including phenoxy) is 2. The molecular weight excluding hydrogens is 490 g/mol. The zero-order valence-electron chi connectivity index (χ0n) is 20.6. The predicted molar refractivity (Wildman–Crippen MR) is 128 cm³/mol. The summed E-state index contributed by atoms with van der Waals surface area (Å²) in [6.07, 6.45) is 0.549. The third kappa shape index (κ3) is 6.00. The highest BCUT2D eigenvalue weighted by Crippen LogP contribution is 2.51. The molecule has 12 heteroatoms. The lowest BCUT2D eigenvalue weighted by Crippen LogP contribution is -2.53. The van der Waals surface area contributed by atoms with Gasteiger partial charge in [-0.2, -0.15) is 0 Å². The summed E-state index contributed by atoms with van der Waals surface area (Å²) in [5, 5.41) is 8.40. The molecule has 0 radical (unpaired) electrons. The van der Waals surface area contributed by atoms with E-state index < -0.39 is 47.6 Å². The van der Waals surface area contributed by atoms with Crippen molar-refractivity contribution < 1.29 is 37.4 Å². The first-order valence-electron chi connectivity index (χ1n) is 12.1. The van der Waals surface area contributed by atoms with E-state index in [9.17, 15) is 28.0 Å². The molecule has 1 aromatic heterocycles. The number of aromatic amines is 1. The van der Waals surface area contributed by atoms with Gasteiger partial charge in [-0.15, -0.1) is 0 Å². The van der Waals surface area contributed by atoms with Gasteiger partial charge in [-0.05, 0) is 43.9 Å². The summed E-state index contributed by atoms with van der Waals surface area (Å²) in [6, 6.07) is 4.23. The number of hydrogen-bond acceptors (Lipinski definition) is 6. The predicted octanol–water partition coefficient (Wildman–Crippen LogP) is 1.89. The molecule has 1 saturated heterocycles. The van der Waals surface area contributed by atoms with Gasteiger partial charge in [-0.25, -0.2) is 13.6 Å². The zero-order chi connectivity index (χ0) is 26.7. The number of carbonyl (C=O) groups excluding carboxylic acids is 4. The van der Waals surface area contributed by atoms with Crippen molar-refractivity contribution in [2.45, 2.75) is 50.1 Å². The van der Waals surface area contributed by atoms with Crippen molar-refractivity contribution in [2.24, 2.45) is 11.8 Å². The summed E-state index contributed by atoms with van der Waals surface area (Å²) in [7, 11) is 2.64. The number of rotatable bonds is 10. The fourth-order valence-corrected chi connectivity index (χ4v) is 4.68. The van der Waals surface area contributed by atoms with Crippen LogP contribution in [0.25, 0.3) is 10.9 Å². The topological polar surface area (TPSA) is 139 Å². The van der Waals surface area contributed by atoms with Gasteiger partial charge >= 0.3 is 5.97 Å². The van der Waals surface area contributed by atoms with Crippen LogP contribution in [0, 0.1) is 11.8 Å². The molecule has 200 valence electrons. The smallest absolute Gasteiger partial charge is 0.328 e. The van der Waals surface area contributed by atoms with Crippen molar-refractivity contribution in [2.75, 3.05) is 20.8 Å². The second kappa shape index (κ2) is 10.7. The van der Waals surface area contributed by atoms with E-state index in [1.807, 2.05) is 0 Å². The van der Waals surface area contributed by atoms with Crippen LogP contribution in [0.5, 0.6) is 5.75 Å². The second-order valence-electron chi connectivity index (χ2n) is 9.48. The van der Waals surface area contributed by atoms with Crippen LogP contribution in [0.2, 0.25) is 0 Å². The average molecular weight is 521 g/mol. The standard InChI is InChI=1S/C25H30F2N4O6/c1-36-20-7-3-6-16-15(20)11-18(29-16)23(34)30-17(10-14-12-25(14,26)27)22(33)31-19(24(35)37-2)9-13-5-4-8-28-21(13)32/h3,6-7,11,13-14,17,19,29H,4-5,8-10,12H2,1-2H3,(H,28,32)(H,30,34)(H,31,33)/t13-,14?,17-,19-/m0/s1. The van der Waals surface area contributed by atoms with Gasteiger partial charge in [0.25, 0.3) is 11.8 Å². The molecule has 2 fully saturated rings. The summed E-state index contributed by atoms with van der Waals surface area (Å²) in [5.74, 6) is -6.46. The Morgan fingerprint density at radius 1 is 1.16 bits per heavy atom. The van der Waals surface area contributed by atoms with Crippen LogP contribution in [-0.4, -0.2) is 67.4 Å². The lowest BCUT2D eigenvalue weighted by molar-refractivity contribution is -0.146. The van der Waals surface area contributed by atoms with Crippen molar-refractivity contribution in [3.05, 3.63) is 30.0 Å². The van der Waals surface area contributed by atoms with Crippen LogP contribution < -0.4 is 20.7 Å². The van der Waals surface area contributed by atoms with Crippen LogP contribution in [0.15, 0.2) is 24.3 Å². The van der Waals surface area contributed by atoms with E-state index in [-0.39, 0.29) is 30.9 Å². The molecule has 4 rings (SSSR count). The second-order valence-corrected chi connectivity index (χ2v) is 9.48. The summed E-state index contributed by atoms with van der Waals surface area (Å²) in [4.78, 5) is 53.7. The molecule has 1 aliphatic carbocycles. The molecule has 0 spiro atoms. The van der Waals surface area contributed by atoms with Gasteiger partial charge in [-0.3, -0.25) is 14.4 Å². The van der Waals surface area contributed by atoms with Crippen molar-refractivity contribution in [3.8, 4) is 5.75 Å². The number of methoxy groups -OCH3 is 2. The summed E-state index contributed by atoms with van der Waals surface area (Å²) in [6.45, 7) is 0.536. The molecule has 0 bridgehead atoms. The van der Waals surface area contributed by atoms with E-state index in [1.54, 1.807) is 24.3 Å². The monoisotopic (exact) mass is 520 g/mol. The summed E-state index contributed by atoms with van der Waals surface area (Å²) in [5.41, 5.74) is 0.735. The van der Waals surface area contributed by atoms with Gasteiger partial charge in [0, 0.05) is 35.7 Å². The van der Waals surface area contributed by atoms with Crippen LogP contribution in [0.4, 0.5) is 8.78 Å². The number of alkyl halides is 2. The van der Waals surface area contributed by atoms with E-state index in [2.05, 4.69) is 20.9 Å². The minimum atomic E-state index is -2.92. The van der Waals surface area contributed by atoms with Gasteiger partial charge in [0.15, 0.2) is 0 Å². The molecule has 4 atom stereocenters. The fourth-order valence-electron chi connectivity index (χ4n) is 4.68. The minimum Gasteiger partial charge on any atom is -0.496 e. The fraction of sp³-hybridized carbons (Fsp3) is 0.520. The number of fused-ring (bicyclic) bond motifs is 1. The molecule has 1 aliphatic heterocycles. The molecule has 1 saturated carbocycles. The Labute approximate surface area is 211 Å². The minimum absolute atomic E-state index is 0.00763. The molecule has 3 amide bonds. The number of benzene rings is 1. The maximum atomic E-state index is 13.7. The molecular formula is C25H30F2N4O6. The van der Waals surface area contributed by atoms with Crippen molar-refractivity contribution in [1.82, 2.24) is 20.9 Å². The molecule has 2 aliphatic rings. The van der Waals surface area contributed by atoms with Gasteiger partial charge in [0.2, 0.25) is 11.8 Å². The van der Waals surface area contributed by atoms with Crippen LogP contribution in [-0.2, 0) is 19.1 Å². The van der Waals surface area contributed by atoms with Crippen molar-refractivity contribution in [3.63, 3.8) is 0 Å². The maximum Gasteiger partial charge on any atom is 0.328 e. The van der Waals surface area contributed by atoms with E-state index in [4.69, 9.17) is 9.47 Å². The van der Waals surface area contributed by atoms with E-state index >= 15 is 0 Å². The number of halogens is 2. The van der Waals surface area contributed by atoms with Crippen LogP contribution in [0.1, 0.15) is 42.6 Å². The zero-order valence-corrected chi connectivity index (χ0v) is 20.6. The lowest BCUT2D eigenvalue weighted by Gasteiger charge is -2.27. The number of H-pyrrole nitrogens is 1. The SMILES string of the molecule is COC(=O)[C@H](C[C@@H]1CCCNC1=O)NC(=O)[C@H](CC1CC1(F)F)NC(=O)c1cc2c(OC)cccc2[nH]1. The van der Waals surface area contributed by atoms with Gasteiger partial charge in [-0.1, -0.05) is 6.07 Å². The van der Waals surface area contributed by atoms with Crippen molar-refractivity contribution in [1.29, 1.82) is 0 Å². The Morgan fingerprint density at radius 3 is 2.57 bits per heavy atom. The number of piperidine rings is 1. The summed E-state index contributed by atoms with van der Waals surface area (Å²) < 4.78 is 37.5. The Kier molecular flexibility index (Phi) is 7.65. The van der Waals surface area contributed by atoms with Gasteiger partial charge in [0.05, 0.1) is 14.2 Å². The van der Waals surface area contributed by atoms with E-state index in [1.165, 1.54) is 7.11 Å². The quantitative estimate of drug-likeness (QED) is 0.353. The number of amides is 3. The Morgan fingerprint density at radius 2 is 1.92 bits per heavy atom. The van der Waals surface area contributed by atoms with Crippen LogP contribution >= 0.6 is 0 Å². The number of aromatic nitrogens is 1. The van der Waals surface area contributed by atoms with Gasteiger partial charge < -0.3 is 30.4 Å². The largest absolute Gasteiger partial charge is 0.496 e. The first-order chi connectivity index (χ1) is 17.6. The molecule has 2 heterocycles. The molecule has 10 nitrogen and oxygen atoms in total. The Bertz CT molecular complexity index is 1200. The maximum absolute atomic E-state index is 13.7. The first-order valence-corrected chi connectivity index (χ1v) is 12.1. The number of carbonyl (C=O) groups is 4. The van der Waals surface area contributed by atoms with E-state index in [0.717, 1.165) is 13.5 Å². The molecule has 4 N–H and O–H groups in total. The number of hydrogen-bond donors (Lipinski definition) is 4. The molecule has 1 unspecified atom stereocenters. The highest BCUT2D eigenvalue weighted by Gasteiger charge is 2.57. The average Bonchev–Trinajstić information content (AvgIpc) is 3.26. The summed E-state index contributed by atoms with van der Waals surface area (Å²) >= 11 is 0. The molecule has 2 aromatic rings. The van der Waals surface area contributed by atoms with Crippen LogP contribution in [0.3, 0.4) is 0 Å². The third-order valence-electron chi connectivity index (χ3n) is 6.91. The highest BCUT2D eigenvalue weighted by atomic mass is 19.3. The Hall–Kier alpha value is -3.70. The van der Waals surface area contributed by atoms with Crippen molar-refractivity contribution >= 4 is 34.6 Å². The Balaban J connectivity index is 1.51. The van der Waals surface area contributed by atoms with E-state index in [0.29, 0.717) is 29.6 Å². The number of nitrogens with one attached hydrogen (secondary N) is 4. The third-order valence-corrected chi connectivity index (χ3v) is 6.91. The highest BCUT2D eigenvalue weighted by molar-refractivity contribution is 6.01. The lowest BCUT2D eigenvalue weighted by atomic mass is 9.91. The molecule has 1 aromatic carbocycles.